The van der Waals surface area contributed by atoms with E-state index in [9.17, 15) is 4.79 Å². The number of benzene rings is 1. The van der Waals surface area contributed by atoms with Crippen molar-refractivity contribution in [3.05, 3.63) is 52.8 Å². The zero-order chi connectivity index (χ0) is 16.9. The van der Waals surface area contributed by atoms with E-state index in [2.05, 4.69) is 15.3 Å². The third-order valence-corrected chi connectivity index (χ3v) is 4.74. The van der Waals surface area contributed by atoms with E-state index >= 15 is 0 Å². The van der Waals surface area contributed by atoms with Crippen molar-refractivity contribution in [1.82, 2.24) is 20.0 Å². The van der Waals surface area contributed by atoms with Gasteiger partial charge in [-0.05, 0) is 56.6 Å². The number of halogens is 1. The van der Waals surface area contributed by atoms with E-state index in [4.69, 9.17) is 11.6 Å². The largest absolute Gasteiger partial charge is 0.349 e. The van der Waals surface area contributed by atoms with Crippen LogP contribution in [0.3, 0.4) is 0 Å². The lowest BCUT2D eigenvalue weighted by molar-refractivity contribution is 0.0932. The fourth-order valence-electron chi connectivity index (χ4n) is 3.13. The van der Waals surface area contributed by atoms with Crippen LogP contribution < -0.4 is 5.32 Å². The predicted molar refractivity (Wildman–Crippen MR) is 95.2 cm³/mol. The molecular formula is C18H23ClN4O. The highest BCUT2D eigenvalue weighted by molar-refractivity contribution is 6.30. The Balaban J connectivity index is 1.69. The number of carbonyl (C=O) groups is 1. The molecule has 0 saturated carbocycles. The fourth-order valence-corrected chi connectivity index (χ4v) is 3.26. The molecule has 1 fully saturated rings. The molecule has 1 aliphatic rings. The quantitative estimate of drug-likeness (QED) is 0.874. The minimum atomic E-state index is -0.125. The zero-order valence-corrected chi connectivity index (χ0v) is 14.7. The molecule has 5 nitrogen and oxygen atoms in total. The maximum Gasteiger partial charge on any atom is 0.271 e. The molecule has 0 unspecified atom stereocenters. The molecule has 1 amide bonds. The standard InChI is InChI=1S/C18H23ClN4O/c1-2-23-12-9-16(21-23)18(24)20-13-17(22-10-3-4-11-22)14-5-7-15(19)8-6-14/h5-9,12,17H,2-4,10-11,13H2,1H3,(H,20,24)/t17-/m1/s1. The van der Waals surface area contributed by atoms with Crippen molar-refractivity contribution in [2.24, 2.45) is 0 Å². The number of hydrogen-bond acceptors (Lipinski definition) is 3. The van der Waals surface area contributed by atoms with Gasteiger partial charge in [0.25, 0.3) is 5.91 Å². The van der Waals surface area contributed by atoms with Crippen LogP contribution in [-0.2, 0) is 6.54 Å². The first kappa shape index (κ1) is 17.0. The summed E-state index contributed by atoms with van der Waals surface area (Å²) in [5, 5.41) is 8.03. The van der Waals surface area contributed by atoms with E-state index in [0.717, 1.165) is 24.7 Å². The second-order valence-corrected chi connectivity index (χ2v) is 6.51. The predicted octanol–water partition coefficient (Wildman–Crippen LogP) is 3.12. The van der Waals surface area contributed by atoms with E-state index in [1.165, 1.54) is 18.4 Å². The second kappa shape index (κ2) is 7.81. The molecule has 24 heavy (non-hydrogen) atoms. The summed E-state index contributed by atoms with van der Waals surface area (Å²) in [7, 11) is 0. The number of hydrogen-bond donors (Lipinski definition) is 1. The van der Waals surface area contributed by atoms with Crippen LogP contribution in [0.2, 0.25) is 5.02 Å². The van der Waals surface area contributed by atoms with Crippen molar-refractivity contribution in [1.29, 1.82) is 0 Å². The molecule has 1 aromatic carbocycles. The van der Waals surface area contributed by atoms with Crippen LogP contribution in [0.25, 0.3) is 0 Å². The summed E-state index contributed by atoms with van der Waals surface area (Å²) in [6.45, 7) is 5.45. The zero-order valence-electron chi connectivity index (χ0n) is 13.9. The van der Waals surface area contributed by atoms with Crippen LogP contribution in [-0.4, -0.2) is 40.2 Å². The average molecular weight is 347 g/mol. The number of amides is 1. The highest BCUT2D eigenvalue weighted by Gasteiger charge is 2.24. The molecule has 128 valence electrons. The number of likely N-dealkylation sites (tertiary alicyclic amines) is 1. The van der Waals surface area contributed by atoms with E-state index < -0.39 is 0 Å². The number of carbonyl (C=O) groups excluding carboxylic acids is 1. The number of aromatic nitrogens is 2. The Labute approximate surface area is 147 Å². The molecule has 1 atom stereocenters. The third kappa shape index (κ3) is 3.97. The van der Waals surface area contributed by atoms with Crippen LogP contribution in [0.15, 0.2) is 36.5 Å². The van der Waals surface area contributed by atoms with Gasteiger partial charge in [-0.25, -0.2) is 0 Å². The van der Waals surface area contributed by atoms with Gasteiger partial charge in [0.1, 0.15) is 5.69 Å². The highest BCUT2D eigenvalue weighted by atomic mass is 35.5. The Hall–Kier alpha value is -1.85. The van der Waals surface area contributed by atoms with Gasteiger partial charge in [0.05, 0.1) is 6.04 Å². The number of nitrogens with zero attached hydrogens (tertiary/aromatic N) is 3. The van der Waals surface area contributed by atoms with Crippen LogP contribution in [0, 0.1) is 0 Å². The lowest BCUT2D eigenvalue weighted by Gasteiger charge is -2.28. The van der Waals surface area contributed by atoms with E-state index in [1.54, 1.807) is 10.7 Å². The molecule has 3 rings (SSSR count). The van der Waals surface area contributed by atoms with Gasteiger partial charge in [0.2, 0.25) is 0 Å². The van der Waals surface area contributed by atoms with E-state index in [1.807, 2.05) is 37.4 Å². The number of nitrogens with one attached hydrogen (secondary N) is 1. The Bertz CT molecular complexity index is 677. The molecule has 0 radical (unpaired) electrons. The lowest BCUT2D eigenvalue weighted by Crippen LogP contribution is -2.37. The normalized spacial score (nSPS) is 16.2. The summed E-state index contributed by atoms with van der Waals surface area (Å²) >= 11 is 6.01. The molecular weight excluding hydrogens is 324 g/mol. The van der Waals surface area contributed by atoms with Crippen molar-refractivity contribution in [2.75, 3.05) is 19.6 Å². The molecule has 1 saturated heterocycles. The Morgan fingerprint density at radius 2 is 1.96 bits per heavy atom. The smallest absolute Gasteiger partial charge is 0.271 e. The topological polar surface area (TPSA) is 50.2 Å². The summed E-state index contributed by atoms with van der Waals surface area (Å²) in [6.07, 6.45) is 4.24. The molecule has 2 heterocycles. The Morgan fingerprint density at radius 1 is 1.25 bits per heavy atom. The Morgan fingerprint density at radius 3 is 2.58 bits per heavy atom. The van der Waals surface area contributed by atoms with Gasteiger partial charge < -0.3 is 5.32 Å². The molecule has 0 aliphatic carbocycles. The highest BCUT2D eigenvalue weighted by Crippen LogP contribution is 2.25. The van der Waals surface area contributed by atoms with Crippen molar-refractivity contribution in [3.63, 3.8) is 0 Å². The molecule has 1 N–H and O–H groups in total. The summed E-state index contributed by atoms with van der Waals surface area (Å²) in [4.78, 5) is 14.8. The molecule has 0 spiro atoms. The minimum Gasteiger partial charge on any atom is -0.349 e. The van der Waals surface area contributed by atoms with Crippen LogP contribution in [0.4, 0.5) is 0 Å². The van der Waals surface area contributed by atoms with E-state index in [-0.39, 0.29) is 11.9 Å². The SMILES string of the molecule is CCn1ccc(C(=O)NC[C@H](c2ccc(Cl)cc2)N2CCCC2)n1. The first-order valence-electron chi connectivity index (χ1n) is 8.48. The summed E-state index contributed by atoms with van der Waals surface area (Å²) < 4.78 is 1.76. The van der Waals surface area contributed by atoms with Gasteiger partial charge in [0, 0.05) is 24.3 Å². The molecule has 1 aliphatic heterocycles. The maximum atomic E-state index is 12.4. The Kier molecular flexibility index (Phi) is 5.53. The van der Waals surface area contributed by atoms with Gasteiger partial charge >= 0.3 is 0 Å². The molecule has 0 bridgehead atoms. The fraction of sp³-hybridized carbons (Fsp3) is 0.444. The van der Waals surface area contributed by atoms with Gasteiger partial charge in [-0.3, -0.25) is 14.4 Å². The molecule has 6 heteroatoms. The monoisotopic (exact) mass is 346 g/mol. The molecule has 2 aromatic rings. The van der Waals surface area contributed by atoms with Crippen LogP contribution in [0.5, 0.6) is 0 Å². The minimum absolute atomic E-state index is 0.125. The van der Waals surface area contributed by atoms with Crippen LogP contribution >= 0.6 is 11.6 Å². The second-order valence-electron chi connectivity index (χ2n) is 6.08. The molecule has 1 aromatic heterocycles. The van der Waals surface area contributed by atoms with Crippen molar-refractivity contribution in [2.45, 2.75) is 32.4 Å². The lowest BCUT2D eigenvalue weighted by atomic mass is 10.1. The van der Waals surface area contributed by atoms with Gasteiger partial charge in [0.15, 0.2) is 0 Å². The van der Waals surface area contributed by atoms with Crippen molar-refractivity contribution >= 4 is 17.5 Å². The van der Waals surface area contributed by atoms with Gasteiger partial charge in [-0.2, -0.15) is 5.10 Å². The maximum absolute atomic E-state index is 12.4. The number of aryl methyl sites for hydroxylation is 1. The first-order valence-corrected chi connectivity index (χ1v) is 8.86. The average Bonchev–Trinajstić information content (AvgIpc) is 3.28. The summed E-state index contributed by atoms with van der Waals surface area (Å²) in [5.41, 5.74) is 1.65. The van der Waals surface area contributed by atoms with E-state index in [0.29, 0.717) is 12.2 Å². The van der Waals surface area contributed by atoms with Crippen molar-refractivity contribution in [3.8, 4) is 0 Å². The third-order valence-electron chi connectivity index (χ3n) is 4.49. The van der Waals surface area contributed by atoms with Gasteiger partial charge in [-0.1, -0.05) is 23.7 Å². The van der Waals surface area contributed by atoms with Crippen molar-refractivity contribution < 1.29 is 4.79 Å². The first-order chi connectivity index (χ1) is 11.7. The summed E-state index contributed by atoms with van der Waals surface area (Å²) in [6, 6.07) is 9.83. The van der Waals surface area contributed by atoms with Gasteiger partial charge in [-0.15, -0.1) is 0 Å². The summed E-state index contributed by atoms with van der Waals surface area (Å²) in [5.74, 6) is -0.125. The number of rotatable bonds is 6. The van der Waals surface area contributed by atoms with Crippen LogP contribution in [0.1, 0.15) is 41.9 Å².